The molecular formula is C19H24F2N4. The Morgan fingerprint density at radius 1 is 0.960 bits per heavy atom. The molecule has 25 heavy (non-hydrogen) atoms. The molecular weight excluding hydrogens is 322 g/mol. The van der Waals surface area contributed by atoms with Crippen molar-refractivity contribution in [3.8, 4) is 0 Å². The molecule has 2 aromatic carbocycles. The standard InChI is InChI=1S/C19H24F2N4/c1-22-19(24-12-15-6-4-5-7-17(15)20)23-11-14-8-9-18(21)16(10-14)13-25(2)3/h4-10H,11-13H2,1-3H3,(H2,22,23,24). The van der Waals surface area contributed by atoms with Gasteiger partial charge >= 0.3 is 0 Å². The van der Waals surface area contributed by atoms with Crippen LogP contribution in [0.4, 0.5) is 8.78 Å². The molecule has 2 N–H and O–H groups in total. The number of aliphatic imine (C=N–C) groups is 1. The molecule has 0 amide bonds. The molecule has 0 spiro atoms. The van der Waals surface area contributed by atoms with Gasteiger partial charge in [-0.25, -0.2) is 8.78 Å². The summed E-state index contributed by atoms with van der Waals surface area (Å²) in [5, 5.41) is 6.23. The average Bonchev–Trinajstić information content (AvgIpc) is 2.58. The Labute approximate surface area is 147 Å². The monoisotopic (exact) mass is 346 g/mol. The number of hydrogen-bond donors (Lipinski definition) is 2. The molecule has 0 radical (unpaired) electrons. The molecule has 0 aliphatic carbocycles. The van der Waals surface area contributed by atoms with Gasteiger partial charge in [-0.1, -0.05) is 24.3 Å². The van der Waals surface area contributed by atoms with E-state index >= 15 is 0 Å². The van der Waals surface area contributed by atoms with Crippen LogP contribution >= 0.6 is 0 Å². The molecule has 2 rings (SSSR count). The fraction of sp³-hybridized carbons (Fsp3) is 0.316. The van der Waals surface area contributed by atoms with E-state index in [9.17, 15) is 8.78 Å². The molecule has 0 unspecified atom stereocenters. The number of hydrogen-bond acceptors (Lipinski definition) is 2. The third-order valence-electron chi connectivity index (χ3n) is 3.68. The highest BCUT2D eigenvalue weighted by Gasteiger charge is 2.06. The van der Waals surface area contributed by atoms with Gasteiger partial charge in [-0.15, -0.1) is 0 Å². The molecule has 4 nitrogen and oxygen atoms in total. The summed E-state index contributed by atoms with van der Waals surface area (Å²) in [6.07, 6.45) is 0. The second kappa shape index (κ2) is 9.13. The first-order valence-electron chi connectivity index (χ1n) is 8.09. The lowest BCUT2D eigenvalue weighted by Gasteiger charge is -2.14. The van der Waals surface area contributed by atoms with Crippen molar-refractivity contribution in [1.29, 1.82) is 0 Å². The Kier molecular flexibility index (Phi) is 6.89. The highest BCUT2D eigenvalue weighted by molar-refractivity contribution is 5.79. The van der Waals surface area contributed by atoms with E-state index in [4.69, 9.17) is 0 Å². The van der Waals surface area contributed by atoms with Crippen LogP contribution in [-0.4, -0.2) is 32.0 Å². The summed E-state index contributed by atoms with van der Waals surface area (Å²) in [6.45, 7) is 1.37. The summed E-state index contributed by atoms with van der Waals surface area (Å²) >= 11 is 0. The summed E-state index contributed by atoms with van der Waals surface area (Å²) in [6, 6.07) is 11.7. The van der Waals surface area contributed by atoms with E-state index in [1.54, 1.807) is 31.3 Å². The predicted octanol–water partition coefficient (Wildman–Crippen LogP) is 2.89. The fourth-order valence-corrected chi connectivity index (χ4v) is 2.43. The highest BCUT2D eigenvalue weighted by atomic mass is 19.1. The van der Waals surface area contributed by atoms with E-state index < -0.39 is 0 Å². The Bertz CT molecular complexity index is 729. The number of rotatable bonds is 6. The second-order valence-corrected chi connectivity index (χ2v) is 6.03. The molecule has 134 valence electrons. The van der Waals surface area contributed by atoms with Gasteiger partial charge < -0.3 is 15.5 Å². The average molecular weight is 346 g/mol. The van der Waals surface area contributed by atoms with Gasteiger partial charge in [0.05, 0.1) is 0 Å². The third kappa shape index (κ3) is 5.83. The highest BCUT2D eigenvalue weighted by Crippen LogP contribution is 2.12. The maximum absolute atomic E-state index is 13.8. The SMILES string of the molecule is CN=C(NCc1ccc(F)c(CN(C)C)c1)NCc1ccccc1F. The van der Waals surface area contributed by atoms with E-state index in [0.717, 1.165) is 5.56 Å². The zero-order valence-corrected chi connectivity index (χ0v) is 14.8. The number of nitrogens with one attached hydrogen (secondary N) is 2. The number of benzene rings is 2. The molecule has 6 heteroatoms. The topological polar surface area (TPSA) is 39.7 Å². The number of nitrogens with zero attached hydrogens (tertiary/aromatic N) is 2. The Hall–Kier alpha value is -2.47. The summed E-state index contributed by atoms with van der Waals surface area (Å²) in [5.41, 5.74) is 2.17. The molecule has 0 aliphatic heterocycles. The Morgan fingerprint density at radius 2 is 1.64 bits per heavy atom. The van der Waals surface area contributed by atoms with Crippen LogP contribution in [0.15, 0.2) is 47.5 Å². The molecule has 0 saturated carbocycles. The van der Waals surface area contributed by atoms with Gasteiger partial charge in [0.1, 0.15) is 11.6 Å². The summed E-state index contributed by atoms with van der Waals surface area (Å²) in [4.78, 5) is 6.05. The van der Waals surface area contributed by atoms with Crippen LogP contribution in [0.3, 0.4) is 0 Å². The first kappa shape index (κ1) is 18.9. The minimum Gasteiger partial charge on any atom is -0.352 e. The van der Waals surface area contributed by atoms with Crippen LogP contribution in [0.1, 0.15) is 16.7 Å². The summed E-state index contributed by atoms with van der Waals surface area (Å²) in [7, 11) is 5.45. The molecule has 0 saturated heterocycles. The Morgan fingerprint density at radius 3 is 2.32 bits per heavy atom. The van der Waals surface area contributed by atoms with Crippen molar-refractivity contribution in [2.75, 3.05) is 21.1 Å². The number of halogens is 2. The van der Waals surface area contributed by atoms with Crippen LogP contribution < -0.4 is 10.6 Å². The van der Waals surface area contributed by atoms with Gasteiger partial charge in [0.15, 0.2) is 5.96 Å². The molecule has 0 aliphatic rings. The summed E-state index contributed by atoms with van der Waals surface area (Å²) < 4.78 is 27.5. The molecule has 0 atom stereocenters. The minimum atomic E-state index is -0.252. The van der Waals surface area contributed by atoms with Gasteiger partial charge in [-0.2, -0.15) is 0 Å². The quantitative estimate of drug-likeness (QED) is 0.624. The minimum absolute atomic E-state index is 0.209. The van der Waals surface area contributed by atoms with E-state index in [2.05, 4.69) is 15.6 Å². The van der Waals surface area contributed by atoms with Crippen molar-refractivity contribution >= 4 is 5.96 Å². The van der Waals surface area contributed by atoms with E-state index in [1.807, 2.05) is 25.1 Å². The van der Waals surface area contributed by atoms with Crippen LogP contribution in [0, 0.1) is 11.6 Å². The fourth-order valence-electron chi connectivity index (χ4n) is 2.43. The van der Waals surface area contributed by atoms with Gasteiger partial charge in [-0.05, 0) is 37.9 Å². The summed E-state index contributed by atoms with van der Waals surface area (Å²) in [5.74, 6) is 0.0959. The van der Waals surface area contributed by atoms with E-state index in [1.165, 1.54) is 12.1 Å². The lowest BCUT2D eigenvalue weighted by molar-refractivity contribution is 0.392. The second-order valence-electron chi connectivity index (χ2n) is 6.03. The van der Waals surface area contributed by atoms with Gasteiger partial charge in [0.2, 0.25) is 0 Å². The van der Waals surface area contributed by atoms with E-state index in [0.29, 0.717) is 36.7 Å². The third-order valence-corrected chi connectivity index (χ3v) is 3.68. The van der Waals surface area contributed by atoms with Crippen molar-refractivity contribution in [2.24, 2.45) is 4.99 Å². The lowest BCUT2D eigenvalue weighted by atomic mass is 10.1. The Balaban J connectivity index is 1.93. The van der Waals surface area contributed by atoms with Crippen LogP contribution in [0.25, 0.3) is 0 Å². The van der Waals surface area contributed by atoms with Gasteiger partial charge in [0.25, 0.3) is 0 Å². The first-order chi connectivity index (χ1) is 12.0. The first-order valence-corrected chi connectivity index (χ1v) is 8.09. The molecule has 2 aromatic rings. The zero-order chi connectivity index (χ0) is 18.2. The molecule has 0 fully saturated rings. The lowest BCUT2D eigenvalue weighted by Crippen LogP contribution is -2.36. The predicted molar refractivity (Wildman–Crippen MR) is 97.2 cm³/mol. The zero-order valence-electron chi connectivity index (χ0n) is 14.8. The van der Waals surface area contributed by atoms with Crippen molar-refractivity contribution in [1.82, 2.24) is 15.5 Å². The largest absolute Gasteiger partial charge is 0.352 e. The van der Waals surface area contributed by atoms with E-state index in [-0.39, 0.29) is 11.6 Å². The van der Waals surface area contributed by atoms with Crippen molar-refractivity contribution in [3.63, 3.8) is 0 Å². The van der Waals surface area contributed by atoms with Crippen LogP contribution in [0.2, 0.25) is 0 Å². The maximum Gasteiger partial charge on any atom is 0.191 e. The normalized spacial score (nSPS) is 11.7. The van der Waals surface area contributed by atoms with Crippen molar-refractivity contribution < 1.29 is 8.78 Å². The maximum atomic E-state index is 13.8. The molecule has 0 heterocycles. The molecule has 0 bridgehead atoms. The molecule has 0 aromatic heterocycles. The van der Waals surface area contributed by atoms with Crippen molar-refractivity contribution in [2.45, 2.75) is 19.6 Å². The smallest absolute Gasteiger partial charge is 0.191 e. The van der Waals surface area contributed by atoms with Crippen LogP contribution in [0.5, 0.6) is 0 Å². The van der Waals surface area contributed by atoms with Crippen LogP contribution in [-0.2, 0) is 19.6 Å². The number of guanidine groups is 1. The van der Waals surface area contributed by atoms with Gasteiger partial charge in [0, 0.05) is 37.8 Å². The van der Waals surface area contributed by atoms with Crippen molar-refractivity contribution in [3.05, 3.63) is 70.8 Å². The van der Waals surface area contributed by atoms with Gasteiger partial charge in [-0.3, -0.25) is 4.99 Å².